The van der Waals surface area contributed by atoms with Crippen molar-refractivity contribution in [3.63, 3.8) is 0 Å². The molecule has 100 valence electrons. The molecule has 0 fully saturated rings. The van der Waals surface area contributed by atoms with Crippen LogP contribution in [0.3, 0.4) is 0 Å². The SMILES string of the molecule is CC[C@H](Oc1ccccc1)C(=O)NCCCOC. The van der Waals surface area contributed by atoms with Crippen LogP contribution in [0.4, 0.5) is 0 Å². The summed E-state index contributed by atoms with van der Waals surface area (Å²) in [6.07, 6.45) is 1.02. The second kappa shape index (κ2) is 8.53. The first-order chi connectivity index (χ1) is 8.77. The van der Waals surface area contributed by atoms with Crippen LogP contribution in [0.5, 0.6) is 5.75 Å². The van der Waals surface area contributed by atoms with E-state index in [0.29, 0.717) is 19.6 Å². The zero-order chi connectivity index (χ0) is 13.2. The number of hydrogen-bond donors (Lipinski definition) is 1. The van der Waals surface area contributed by atoms with Gasteiger partial charge in [0.05, 0.1) is 0 Å². The summed E-state index contributed by atoms with van der Waals surface area (Å²) in [6.45, 7) is 3.19. The zero-order valence-electron chi connectivity index (χ0n) is 11.0. The van der Waals surface area contributed by atoms with Crippen LogP contribution in [0.1, 0.15) is 19.8 Å². The number of hydrogen-bond acceptors (Lipinski definition) is 3. The lowest BCUT2D eigenvalue weighted by Gasteiger charge is -2.17. The molecule has 1 aromatic rings. The van der Waals surface area contributed by atoms with Gasteiger partial charge in [-0.2, -0.15) is 0 Å². The van der Waals surface area contributed by atoms with Crippen molar-refractivity contribution in [2.45, 2.75) is 25.9 Å². The van der Waals surface area contributed by atoms with E-state index in [1.165, 1.54) is 0 Å². The van der Waals surface area contributed by atoms with Gasteiger partial charge in [0.2, 0.25) is 0 Å². The Bertz CT molecular complexity index is 340. The van der Waals surface area contributed by atoms with Crippen molar-refractivity contribution in [2.24, 2.45) is 0 Å². The van der Waals surface area contributed by atoms with Crippen molar-refractivity contribution in [1.29, 1.82) is 0 Å². The number of amides is 1. The predicted octanol–water partition coefficient (Wildman–Crippen LogP) is 2.00. The van der Waals surface area contributed by atoms with Gasteiger partial charge in [-0.05, 0) is 25.0 Å². The maximum atomic E-state index is 11.9. The zero-order valence-corrected chi connectivity index (χ0v) is 11.0. The molecule has 1 atom stereocenters. The first-order valence-electron chi connectivity index (χ1n) is 6.26. The third kappa shape index (κ3) is 5.19. The molecule has 0 bridgehead atoms. The van der Waals surface area contributed by atoms with Crippen molar-refractivity contribution in [2.75, 3.05) is 20.3 Å². The molecule has 0 aromatic heterocycles. The van der Waals surface area contributed by atoms with Crippen LogP contribution in [0, 0.1) is 0 Å². The molecule has 0 spiro atoms. The van der Waals surface area contributed by atoms with E-state index in [9.17, 15) is 4.79 Å². The Labute approximate surface area is 108 Å². The molecule has 0 unspecified atom stereocenters. The monoisotopic (exact) mass is 251 g/mol. The molecule has 1 rings (SSSR count). The second-order valence-corrected chi connectivity index (χ2v) is 3.97. The van der Waals surface area contributed by atoms with E-state index in [1.807, 2.05) is 37.3 Å². The number of methoxy groups -OCH3 is 1. The molecule has 4 heteroatoms. The number of benzene rings is 1. The molecule has 0 aliphatic heterocycles. The highest BCUT2D eigenvalue weighted by Crippen LogP contribution is 2.12. The van der Waals surface area contributed by atoms with E-state index in [4.69, 9.17) is 9.47 Å². The quantitative estimate of drug-likeness (QED) is 0.719. The molecule has 0 saturated heterocycles. The third-order valence-corrected chi connectivity index (χ3v) is 2.51. The lowest BCUT2D eigenvalue weighted by Crippen LogP contribution is -2.38. The molecular formula is C14H21NO3. The Morgan fingerprint density at radius 3 is 2.67 bits per heavy atom. The maximum Gasteiger partial charge on any atom is 0.261 e. The fourth-order valence-electron chi connectivity index (χ4n) is 1.53. The van der Waals surface area contributed by atoms with Crippen LogP contribution < -0.4 is 10.1 Å². The highest BCUT2D eigenvalue weighted by molar-refractivity contribution is 5.81. The molecule has 18 heavy (non-hydrogen) atoms. The third-order valence-electron chi connectivity index (χ3n) is 2.51. The fraction of sp³-hybridized carbons (Fsp3) is 0.500. The topological polar surface area (TPSA) is 47.6 Å². The Kier molecular flexibility index (Phi) is 6.87. The van der Waals surface area contributed by atoms with E-state index < -0.39 is 6.10 Å². The minimum atomic E-state index is -0.435. The van der Waals surface area contributed by atoms with Crippen LogP contribution >= 0.6 is 0 Å². The summed E-state index contributed by atoms with van der Waals surface area (Å²) < 4.78 is 10.6. The summed E-state index contributed by atoms with van der Waals surface area (Å²) in [4.78, 5) is 11.9. The molecule has 0 aliphatic rings. The normalized spacial score (nSPS) is 11.9. The Morgan fingerprint density at radius 2 is 2.06 bits per heavy atom. The van der Waals surface area contributed by atoms with E-state index in [1.54, 1.807) is 7.11 Å². The summed E-state index contributed by atoms with van der Waals surface area (Å²) in [5.41, 5.74) is 0. The van der Waals surface area contributed by atoms with Gasteiger partial charge in [-0.15, -0.1) is 0 Å². The molecule has 4 nitrogen and oxygen atoms in total. The molecule has 0 heterocycles. The molecule has 1 aromatic carbocycles. The van der Waals surface area contributed by atoms with Crippen LogP contribution in [-0.4, -0.2) is 32.3 Å². The predicted molar refractivity (Wildman–Crippen MR) is 70.7 cm³/mol. The van der Waals surface area contributed by atoms with E-state index in [-0.39, 0.29) is 5.91 Å². The van der Waals surface area contributed by atoms with Gasteiger partial charge in [0, 0.05) is 20.3 Å². The summed E-state index contributed by atoms with van der Waals surface area (Å²) in [5.74, 6) is 0.647. The summed E-state index contributed by atoms with van der Waals surface area (Å²) in [5, 5.41) is 2.84. The van der Waals surface area contributed by atoms with Crippen molar-refractivity contribution < 1.29 is 14.3 Å². The number of para-hydroxylation sites is 1. The Balaban J connectivity index is 2.38. The summed E-state index contributed by atoms with van der Waals surface area (Å²) >= 11 is 0. The Morgan fingerprint density at radius 1 is 1.33 bits per heavy atom. The number of rotatable bonds is 8. The number of nitrogens with one attached hydrogen (secondary N) is 1. The van der Waals surface area contributed by atoms with Gasteiger partial charge >= 0.3 is 0 Å². The summed E-state index contributed by atoms with van der Waals surface area (Å²) in [6, 6.07) is 9.39. The maximum absolute atomic E-state index is 11.9. The van der Waals surface area contributed by atoms with Gasteiger partial charge in [-0.3, -0.25) is 4.79 Å². The van der Waals surface area contributed by atoms with Crippen LogP contribution in [0.15, 0.2) is 30.3 Å². The van der Waals surface area contributed by atoms with Gasteiger partial charge in [0.1, 0.15) is 5.75 Å². The van der Waals surface area contributed by atoms with E-state index >= 15 is 0 Å². The van der Waals surface area contributed by atoms with Gasteiger partial charge in [-0.25, -0.2) is 0 Å². The minimum Gasteiger partial charge on any atom is -0.481 e. The minimum absolute atomic E-state index is 0.0718. The first-order valence-corrected chi connectivity index (χ1v) is 6.26. The van der Waals surface area contributed by atoms with Gasteiger partial charge < -0.3 is 14.8 Å². The number of carbonyl (C=O) groups excluding carboxylic acids is 1. The van der Waals surface area contributed by atoms with Crippen LogP contribution in [0.25, 0.3) is 0 Å². The van der Waals surface area contributed by atoms with Gasteiger partial charge in [0.15, 0.2) is 6.10 Å². The first kappa shape index (κ1) is 14.5. The van der Waals surface area contributed by atoms with Crippen LogP contribution in [0.2, 0.25) is 0 Å². The van der Waals surface area contributed by atoms with Gasteiger partial charge in [-0.1, -0.05) is 25.1 Å². The van der Waals surface area contributed by atoms with Crippen LogP contribution in [-0.2, 0) is 9.53 Å². The molecule has 0 radical (unpaired) electrons. The standard InChI is InChI=1S/C14H21NO3/c1-3-13(14(16)15-10-7-11-17-2)18-12-8-5-4-6-9-12/h4-6,8-9,13H,3,7,10-11H2,1-2H3,(H,15,16)/t13-/m0/s1. The fourth-order valence-corrected chi connectivity index (χ4v) is 1.53. The smallest absolute Gasteiger partial charge is 0.261 e. The average Bonchev–Trinajstić information content (AvgIpc) is 2.42. The molecule has 0 aliphatic carbocycles. The molecule has 1 N–H and O–H groups in total. The molecular weight excluding hydrogens is 230 g/mol. The highest BCUT2D eigenvalue weighted by Gasteiger charge is 2.17. The number of ether oxygens (including phenoxy) is 2. The average molecular weight is 251 g/mol. The number of carbonyl (C=O) groups is 1. The Hall–Kier alpha value is -1.55. The highest BCUT2D eigenvalue weighted by atomic mass is 16.5. The lowest BCUT2D eigenvalue weighted by molar-refractivity contribution is -0.128. The van der Waals surface area contributed by atoms with Crippen molar-refractivity contribution >= 4 is 5.91 Å². The molecule has 1 amide bonds. The lowest BCUT2D eigenvalue weighted by atomic mass is 10.2. The van der Waals surface area contributed by atoms with E-state index in [0.717, 1.165) is 12.2 Å². The summed E-state index contributed by atoms with van der Waals surface area (Å²) in [7, 11) is 1.65. The van der Waals surface area contributed by atoms with Gasteiger partial charge in [0.25, 0.3) is 5.91 Å². The van der Waals surface area contributed by atoms with Crippen molar-refractivity contribution in [3.05, 3.63) is 30.3 Å². The van der Waals surface area contributed by atoms with Crippen molar-refractivity contribution in [3.8, 4) is 5.75 Å². The largest absolute Gasteiger partial charge is 0.481 e. The molecule has 0 saturated carbocycles. The van der Waals surface area contributed by atoms with Crippen molar-refractivity contribution in [1.82, 2.24) is 5.32 Å². The van der Waals surface area contributed by atoms with E-state index in [2.05, 4.69) is 5.32 Å². The second-order valence-electron chi connectivity index (χ2n) is 3.97.